The number of anilines is 2. The number of benzene rings is 1. The van der Waals surface area contributed by atoms with Crippen molar-refractivity contribution < 1.29 is 4.79 Å². The van der Waals surface area contributed by atoms with Crippen molar-refractivity contribution in [1.29, 1.82) is 0 Å². The highest BCUT2D eigenvalue weighted by molar-refractivity contribution is 7.03. The van der Waals surface area contributed by atoms with Gasteiger partial charge in [0.2, 0.25) is 5.91 Å². The number of carbonyl (C=O) groups excluding carboxylic acids is 1. The first-order valence-corrected chi connectivity index (χ1v) is 6.89. The Morgan fingerprint density at radius 2 is 2.16 bits per heavy atom. The summed E-state index contributed by atoms with van der Waals surface area (Å²) in [5, 5.41) is 12.0. The minimum Gasteiger partial charge on any atom is -0.379 e. The molecule has 100 valence electrons. The second-order valence-electron chi connectivity index (χ2n) is 4.47. The standard InChI is InChI=1S/C13H16N4OS/c1-9(2)13(18)15-11-5-3-4-10(6-11)14-7-12-8-19-17-16-12/h3-6,8-9,14H,7H2,1-2H3,(H,15,18). The van der Waals surface area contributed by atoms with E-state index in [1.165, 1.54) is 11.5 Å². The summed E-state index contributed by atoms with van der Waals surface area (Å²) in [5.74, 6) is -0.0152. The summed E-state index contributed by atoms with van der Waals surface area (Å²) in [4.78, 5) is 11.6. The zero-order chi connectivity index (χ0) is 13.7. The summed E-state index contributed by atoms with van der Waals surface area (Å²) in [5.41, 5.74) is 2.64. The van der Waals surface area contributed by atoms with Crippen molar-refractivity contribution in [2.24, 2.45) is 5.92 Å². The lowest BCUT2D eigenvalue weighted by Gasteiger charge is -2.10. The number of rotatable bonds is 5. The minimum atomic E-state index is -0.0299. The summed E-state index contributed by atoms with van der Waals surface area (Å²) in [6, 6.07) is 7.62. The molecule has 0 radical (unpaired) electrons. The van der Waals surface area contributed by atoms with E-state index in [4.69, 9.17) is 0 Å². The minimum absolute atomic E-state index is 0.0147. The molecule has 1 heterocycles. The molecule has 0 spiro atoms. The van der Waals surface area contributed by atoms with Gasteiger partial charge in [-0.15, -0.1) is 5.10 Å². The van der Waals surface area contributed by atoms with Crippen LogP contribution in [0.15, 0.2) is 29.6 Å². The molecule has 2 rings (SSSR count). The molecule has 0 saturated heterocycles. The monoisotopic (exact) mass is 276 g/mol. The Hall–Kier alpha value is -1.95. The topological polar surface area (TPSA) is 66.9 Å². The lowest BCUT2D eigenvalue weighted by Crippen LogP contribution is -2.17. The highest BCUT2D eigenvalue weighted by atomic mass is 32.1. The van der Waals surface area contributed by atoms with Gasteiger partial charge in [-0.1, -0.05) is 24.4 Å². The molecule has 1 amide bonds. The van der Waals surface area contributed by atoms with E-state index in [-0.39, 0.29) is 11.8 Å². The van der Waals surface area contributed by atoms with E-state index in [0.717, 1.165) is 17.1 Å². The van der Waals surface area contributed by atoms with Gasteiger partial charge in [0.1, 0.15) is 0 Å². The number of hydrogen-bond donors (Lipinski definition) is 2. The SMILES string of the molecule is CC(C)C(=O)Nc1cccc(NCc2csnn2)c1. The molecule has 0 saturated carbocycles. The van der Waals surface area contributed by atoms with Gasteiger partial charge in [0.25, 0.3) is 0 Å². The van der Waals surface area contributed by atoms with Gasteiger partial charge in [-0.2, -0.15) is 0 Å². The fraction of sp³-hybridized carbons (Fsp3) is 0.308. The van der Waals surface area contributed by atoms with Gasteiger partial charge in [0.05, 0.1) is 12.2 Å². The average Bonchev–Trinajstić information content (AvgIpc) is 2.90. The van der Waals surface area contributed by atoms with Crippen molar-refractivity contribution >= 4 is 28.8 Å². The highest BCUT2D eigenvalue weighted by Crippen LogP contribution is 2.16. The summed E-state index contributed by atoms with van der Waals surface area (Å²) in [6.45, 7) is 4.36. The zero-order valence-electron chi connectivity index (χ0n) is 10.9. The molecule has 0 aliphatic heterocycles. The lowest BCUT2D eigenvalue weighted by molar-refractivity contribution is -0.118. The molecule has 6 heteroatoms. The highest BCUT2D eigenvalue weighted by Gasteiger charge is 2.07. The normalized spacial score (nSPS) is 10.5. The number of amides is 1. The van der Waals surface area contributed by atoms with Crippen molar-refractivity contribution in [1.82, 2.24) is 9.59 Å². The maximum atomic E-state index is 11.6. The second-order valence-corrected chi connectivity index (χ2v) is 5.08. The molecule has 0 aliphatic carbocycles. The third kappa shape index (κ3) is 4.03. The van der Waals surface area contributed by atoms with Gasteiger partial charge in [-0.05, 0) is 29.7 Å². The Balaban J connectivity index is 1.97. The molecule has 2 N–H and O–H groups in total. The van der Waals surface area contributed by atoms with Crippen LogP contribution in [0.3, 0.4) is 0 Å². The van der Waals surface area contributed by atoms with Crippen LogP contribution in [0.2, 0.25) is 0 Å². The number of aromatic nitrogens is 2. The van der Waals surface area contributed by atoms with Crippen molar-refractivity contribution in [3.63, 3.8) is 0 Å². The maximum Gasteiger partial charge on any atom is 0.226 e. The number of nitrogens with one attached hydrogen (secondary N) is 2. The molecular weight excluding hydrogens is 260 g/mol. The summed E-state index contributed by atoms with van der Waals surface area (Å²) in [6.07, 6.45) is 0. The van der Waals surface area contributed by atoms with Gasteiger partial charge >= 0.3 is 0 Å². The number of hydrogen-bond acceptors (Lipinski definition) is 5. The molecule has 2 aromatic rings. The van der Waals surface area contributed by atoms with E-state index in [1.54, 1.807) is 0 Å². The first-order valence-electron chi connectivity index (χ1n) is 6.06. The molecular formula is C13H16N4OS. The molecule has 1 aromatic carbocycles. The van der Waals surface area contributed by atoms with Crippen molar-refractivity contribution in [3.8, 4) is 0 Å². The second kappa shape index (κ2) is 6.29. The van der Waals surface area contributed by atoms with Gasteiger partial charge in [-0.3, -0.25) is 4.79 Å². The molecule has 0 fully saturated rings. The molecule has 1 aromatic heterocycles. The van der Waals surface area contributed by atoms with Crippen molar-refractivity contribution in [2.45, 2.75) is 20.4 Å². The summed E-state index contributed by atoms with van der Waals surface area (Å²) >= 11 is 1.33. The predicted octanol–water partition coefficient (Wildman–Crippen LogP) is 2.74. The number of carbonyl (C=O) groups is 1. The summed E-state index contributed by atoms with van der Waals surface area (Å²) < 4.78 is 3.81. The first kappa shape index (κ1) is 13.5. The van der Waals surface area contributed by atoms with Crippen LogP contribution >= 0.6 is 11.5 Å². The van der Waals surface area contributed by atoms with E-state index in [2.05, 4.69) is 20.2 Å². The Morgan fingerprint density at radius 1 is 1.37 bits per heavy atom. The molecule has 0 aliphatic rings. The lowest BCUT2D eigenvalue weighted by atomic mass is 10.2. The van der Waals surface area contributed by atoms with Gasteiger partial charge < -0.3 is 10.6 Å². The van der Waals surface area contributed by atoms with E-state index >= 15 is 0 Å². The van der Waals surface area contributed by atoms with E-state index < -0.39 is 0 Å². The fourth-order valence-electron chi connectivity index (χ4n) is 1.45. The zero-order valence-corrected chi connectivity index (χ0v) is 11.7. The quantitative estimate of drug-likeness (QED) is 0.881. The molecule has 0 unspecified atom stereocenters. The Labute approximate surface area is 116 Å². The smallest absolute Gasteiger partial charge is 0.226 e. The average molecular weight is 276 g/mol. The van der Waals surface area contributed by atoms with Crippen LogP contribution in [0.4, 0.5) is 11.4 Å². The largest absolute Gasteiger partial charge is 0.379 e. The van der Waals surface area contributed by atoms with Crippen LogP contribution in [0.25, 0.3) is 0 Å². The Kier molecular flexibility index (Phi) is 4.46. The molecule has 19 heavy (non-hydrogen) atoms. The third-order valence-electron chi connectivity index (χ3n) is 2.53. The molecule has 5 nitrogen and oxygen atoms in total. The molecule has 0 atom stereocenters. The van der Waals surface area contributed by atoms with Crippen LogP contribution in [0.1, 0.15) is 19.5 Å². The van der Waals surface area contributed by atoms with E-state index in [1.807, 2.05) is 43.5 Å². The van der Waals surface area contributed by atoms with Crippen LogP contribution in [-0.2, 0) is 11.3 Å². The van der Waals surface area contributed by atoms with Crippen LogP contribution in [0, 0.1) is 5.92 Å². The van der Waals surface area contributed by atoms with E-state index in [9.17, 15) is 4.79 Å². The van der Waals surface area contributed by atoms with Gasteiger partial charge in [0, 0.05) is 22.7 Å². The van der Waals surface area contributed by atoms with Crippen LogP contribution in [0.5, 0.6) is 0 Å². The van der Waals surface area contributed by atoms with Gasteiger partial charge in [0.15, 0.2) is 0 Å². The Morgan fingerprint density at radius 3 is 2.84 bits per heavy atom. The van der Waals surface area contributed by atoms with Crippen molar-refractivity contribution in [3.05, 3.63) is 35.3 Å². The predicted molar refractivity (Wildman–Crippen MR) is 77.1 cm³/mol. The Bertz CT molecular complexity index is 539. The molecule has 0 bridgehead atoms. The summed E-state index contributed by atoms with van der Waals surface area (Å²) in [7, 11) is 0. The van der Waals surface area contributed by atoms with Gasteiger partial charge in [-0.25, -0.2) is 0 Å². The maximum absolute atomic E-state index is 11.6. The van der Waals surface area contributed by atoms with Crippen LogP contribution < -0.4 is 10.6 Å². The van der Waals surface area contributed by atoms with Crippen molar-refractivity contribution in [2.75, 3.05) is 10.6 Å². The van der Waals surface area contributed by atoms with E-state index in [0.29, 0.717) is 6.54 Å². The van der Waals surface area contributed by atoms with Crippen LogP contribution in [-0.4, -0.2) is 15.5 Å². The number of nitrogens with zero attached hydrogens (tertiary/aromatic N) is 2. The third-order valence-corrected chi connectivity index (χ3v) is 3.09. The fourth-order valence-corrected chi connectivity index (χ4v) is 1.90. The first-order chi connectivity index (χ1) is 9.15.